The highest BCUT2D eigenvalue weighted by atomic mass is 14.8. The second-order valence-corrected chi connectivity index (χ2v) is 20.1. The minimum absolute atomic E-state index is 0.848. The van der Waals surface area contributed by atoms with Gasteiger partial charge in [-0.25, -0.2) is 9.97 Å². The summed E-state index contributed by atoms with van der Waals surface area (Å²) in [6.07, 6.45) is 8.76. The van der Waals surface area contributed by atoms with Gasteiger partial charge in [-0.2, -0.15) is 0 Å². The highest BCUT2D eigenvalue weighted by Gasteiger charge is 2.24. The molecule has 0 aliphatic carbocycles. The maximum absolute atomic E-state index is 5.76. The van der Waals surface area contributed by atoms with Crippen LogP contribution < -0.4 is 0 Å². The van der Waals surface area contributed by atoms with Crippen molar-refractivity contribution in [3.8, 4) is 44.5 Å². The second kappa shape index (κ2) is 15.5. The summed E-state index contributed by atoms with van der Waals surface area (Å²) in [4.78, 5) is 34.9. The number of hydrogen-bond donors (Lipinski definition) is 6. The Kier molecular flexibility index (Phi) is 8.40. The van der Waals surface area contributed by atoms with Crippen LogP contribution in [0.25, 0.3) is 178 Å². The summed E-state index contributed by atoms with van der Waals surface area (Å²) in [6, 6.07) is 69.5. The van der Waals surface area contributed by atoms with Crippen LogP contribution >= 0.6 is 0 Å². The molecule has 0 unspecified atom stereocenters. The Morgan fingerprint density at radius 3 is 0.697 bits per heavy atom. The first-order valence-corrected chi connectivity index (χ1v) is 25.8. The van der Waals surface area contributed by atoms with Crippen LogP contribution in [-0.4, -0.2) is 39.9 Å². The molecule has 9 heterocycles. The molecule has 0 fully saturated rings. The number of nitrogens with one attached hydrogen (secondary N) is 6. The van der Waals surface area contributed by atoms with E-state index in [1.54, 1.807) is 0 Å². The summed E-state index contributed by atoms with van der Waals surface area (Å²) >= 11 is 0. The Morgan fingerprint density at radius 1 is 0.197 bits per heavy atom. The third kappa shape index (κ3) is 5.89. The molecule has 8 heteroatoms. The van der Waals surface area contributed by atoms with Gasteiger partial charge in [-0.3, -0.25) is 0 Å². The number of aromatic nitrogens is 8. The molecule has 8 bridgehead atoms. The van der Waals surface area contributed by atoms with Gasteiger partial charge in [0.25, 0.3) is 0 Å². The van der Waals surface area contributed by atoms with Crippen LogP contribution in [0, 0.1) is 0 Å². The maximum atomic E-state index is 5.76. The Morgan fingerprint density at radius 2 is 0.434 bits per heavy atom. The molecule has 8 aromatic carbocycles. The lowest BCUT2D eigenvalue weighted by Crippen LogP contribution is -1.91. The van der Waals surface area contributed by atoms with Crippen LogP contribution in [0.4, 0.5) is 0 Å². The number of benzene rings is 8. The molecule has 0 radical (unpaired) electrons. The lowest BCUT2D eigenvalue weighted by Gasteiger charge is -2.09. The summed E-state index contributed by atoms with van der Waals surface area (Å²) < 4.78 is 0. The highest BCUT2D eigenvalue weighted by molar-refractivity contribution is 6.18. The number of aromatic amines is 6. The second-order valence-electron chi connectivity index (χ2n) is 20.1. The standard InChI is InChI=1S/C68H42N8/c1-5-25-49-37(13-1)41-17-9-21-45(65(41)73-49)61-53-29-31-55(69-53)62(46-22-10-18-42-38-14-2-6-26-50(38)74-66(42)46)57-33-35-59(71-57)64(48-24-12-20-44-40-16-4-8-28-52(40)76-68(44)48)60-36-34-58(72-60)63(56-32-30-54(61)70-56)47-23-11-19-43-39-15-3-7-27-51(39)75-67(43)47/h1-36,69,72-76H. The Labute approximate surface area is 432 Å². The molecule has 6 N–H and O–H groups in total. The summed E-state index contributed by atoms with van der Waals surface area (Å²) in [6.45, 7) is 0. The minimum atomic E-state index is 0.848. The van der Waals surface area contributed by atoms with Crippen molar-refractivity contribution in [1.82, 2.24) is 39.9 Å². The zero-order valence-corrected chi connectivity index (χ0v) is 40.7. The van der Waals surface area contributed by atoms with Crippen LogP contribution in [-0.2, 0) is 0 Å². The quantitative estimate of drug-likeness (QED) is 0.105. The van der Waals surface area contributed by atoms with Gasteiger partial charge in [0.1, 0.15) is 0 Å². The molecule has 17 rings (SSSR count). The average molecular weight is 971 g/mol. The summed E-state index contributed by atoms with van der Waals surface area (Å²) in [5.74, 6) is 0. The number of rotatable bonds is 4. The van der Waals surface area contributed by atoms with E-state index >= 15 is 0 Å². The molecule has 2 aliphatic rings. The van der Waals surface area contributed by atoms with Gasteiger partial charge < -0.3 is 29.9 Å². The fourth-order valence-electron chi connectivity index (χ4n) is 12.7. The molecule has 76 heavy (non-hydrogen) atoms. The van der Waals surface area contributed by atoms with E-state index in [1.165, 1.54) is 21.5 Å². The van der Waals surface area contributed by atoms with Crippen LogP contribution in [0.3, 0.4) is 0 Å². The van der Waals surface area contributed by atoms with Crippen molar-refractivity contribution in [2.24, 2.45) is 0 Å². The first-order chi connectivity index (χ1) is 37.7. The largest absolute Gasteiger partial charge is 0.354 e. The molecule has 0 spiro atoms. The van der Waals surface area contributed by atoms with Crippen molar-refractivity contribution in [2.75, 3.05) is 0 Å². The predicted octanol–water partition coefficient (Wildman–Crippen LogP) is 17.9. The Balaban J connectivity index is 1.06. The van der Waals surface area contributed by atoms with E-state index < -0.39 is 0 Å². The molecular weight excluding hydrogens is 929 g/mol. The van der Waals surface area contributed by atoms with Gasteiger partial charge in [0, 0.05) is 132 Å². The fourth-order valence-corrected chi connectivity index (χ4v) is 12.7. The van der Waals surface area contributed by atoms with Crippen molar-refractivity contribution in [3.63, 3.8) is 0 Å². The fraction of sp³-hybridized carbons (Fsp3) is 0. The van der Waals surface area contributed by atoms with E-state index in [-0.39, 0.29) is 0 Å². The molecule has 8 nitrogen and oxygen atoms in total. The average Bonchev–Trinajstić information content (AvgIpc) is 4.45. The smallest absolute Gasteiger partial charge is 0.0738 e. The van der Waals surface area contributed by atoms with Gasteiger partial charge in [0.15, 0.2) is 0 Å². The van der Waals surface area contributed by atoms with Crippen LogP contribution in [0.1, 0.15) is 22.8 Å². The van der Waals surface area contributed by atoms with Crippen LogP contribution in [0.2, 0.25) is 0 Å². The lowest BCUT2D eigenvalue weighted by atomic mass is 10.00. The zero-order chi connectivity index (χ0) is 49.6. The number of nitrogens with zero attached hydrogens (tertiary/aromatic N) is 2. The highest BCUT2D eigenvalue weighted by Crippen LogP contribution is 2.45. The molecule has 0 atom stereocenters. The summed E-state index contributed by atoms with van der Waals surface area (Å²) in [7, 11) is 0. The molecule has 0 saturated heterocycles. The van der Waals surface area contributed by atoms with Crippen molar-refractivity contribution in [1.29, 1.82) is 0 Å². The number of H-pyrrole nitrogens is 6. The molecular formula is C68H42N8. The van der Waals surface area contributed by atoms with E-state index in [1.807, 2.05) is 0 Å². The number of fused-ring (bicyclic) bond motifs is 20. The number of hydrogen-bond acceptors (Lipinski definition) is 2. The maximum Gasteiger partial charge on any atom is 0.0738 e. The topological polar surface area (TPSA) is 121 Å². The van der Waals surface area contributed by atoms with Gasteiger partial charge in [-0.1, -0.05) is 146 Å². The zero-order valence-electron chi connectivity index (χ0n) is 40.7. The predicted molar refractivity (Wildman–Crippen MR) is 318 cm³/mol. The van der Waals surface area contributed by atoms with Gasteiger partial charge in [-0.15, -0.1) is 0 Å². The first kappa shape index (κ1) is 41.1. The van der Waals surface area contributed by atoms with E-state index in [9.17, 15) is 0 Å². The van der Waals surface area contributed by atoms with Crippen molar-refractivity contribution in [3.05, 3.63) is 217 Å². The monoisotopic (exact) mass is 970 g/mol. The third-order valence-electron chi connectivity index (χ3n) is 16.0. The van der Waals surface area contributed by atoms with Crippen molar-refractivity contribution >= 4 is 134 Å². The van der Waals surface area contributed by atoms with E-state index in [4.69, 9.17) is 9.97 Å². The van der Waals surface area contributed by atoms with E-state index in [0.717, 1.165) is 155 Å². The van der Waals surface area contributed by atoms with Crippen molar-refractivity contribution < 1.29 is 0 Å². The van der Waals surface area contributed by atoms with Crippen LogP contribution in [0.15, 0.2) is 194 Å². The molecule has 0 saturated carbocycles. The normalized spacial score (nSPS) is 12.6. The summed E-state index contributed by atoms with van der Waals surface area (Å²) in [5, 5.41) is 9.34. The molecule has 0 amide bonds. The van der Waals surface area contributed by atoms with Crippen LogP contribution in [0.5, 0.6) is 0 Å². The van der Waals surface area contributed by atoms with Gasteiger partial charge in [0.2, 0.25) is 0 Å². The van der Waals surface area contributed by atoms with E-state index in [2.05, 4.69) is 248 Å². The molecule has 354 valence electrons. The summed E-state index contributed by atoms with van der Waals surface area (Å²) in [5.41, 5.74) is 23.8. The van der Waals surface area contributed by atoms with Crippen molar-refractivity contribution in [2.45, 2.75) is 0 Å². The lowest BCUT2D eigenvalue weighted by molar-refractivity contribution is 1.31. The first-order valence-electron chi connectivity index (χ1n) is 25.8. The van der Waals surface area contributed by atoms with Gasteiger partial charge in [-0.05, 0) is 72.8 Å². The van der Waals surface area contributed by atoms with Gasteiger partial charge in [0.05, 0.1) is 44.8 Å². The molecule has 2 aliphatic heterocycles. The third-order valence-corrected chi connectivity index (χ3v) is 16.0. The Bertz CT molecular complexity index is 4610. The number of para-hydroxylation sites is 8. The Hall–Kier alpha value is -10.4. The molecule has 15 aromatic rings. The van der Waals surface area contributed by atoms with E-state index in [0.29, 0.717) is 0 Å². The SMILES string of the molecule is C1=Cc2nc1c(-c1cccc3c1[nH]c1ccccc13)c1ccc([nH]1)c(-c1cccc3c1[nH]c1ccccc13)c1nc(c(-c3cccc4c3[nH]c3ccccc34)c3ccc([nH]3)c2-c2cccc3c2[nH]c2ccccc23)C=C1. The molecule has 7 aromatic heterocycles. The van der Waals surface area contributed by atoms with Gasteiger partial charge >= 0.3 is 0 Å². The minimum Gasteiger partial charge on any atom is -0.354 e.